The van der Waals surface area contributed by atoms with Gasteiger partial charge < -0.3 is 67.0 Å². The van der Waals surface area contributed by atoms with Gasteiger partial charge in [-0.15, -0.1) is 0 Å². The van der Waals surface area contributed by atoms with Gasteiger partial charge in [-0.25, -0.2) is 0 Å². The Bertz CT molecular complexity index is 607. The summed E-state index contributed by atoms with van der Waals surface area (Å²) in [7, 11) is 2.93. The molecule has 0 aromatic heterocycles. The van der Waals surface area contributed by atoms with Crippen LogP contribution in [0.3, 0.4) is 0 Å². The van der Waals surface area contributed by atoms with E-state index in [0.717, 1.165) is 0 Å². The minimum absolute atomic E-state index is 0.217. The Kier molecular flexibility index (Phi) is 8.79. The second kappa shape index (κ2) is 10.8. The molecular weight excluding hydrogens is 430 g/mol. The Morgan fingerprint density at radius 2 is 1.31 bits per heavy atom. The standard InChI is InChI=1S/C18H37N5O9/c1-23-15-8(24)4-7(21)16(31-15)29-13-5(19)3-6(20)14(12(13)27)30-18-11(26)9(22)10(25)17(28-2)32-18/h5-18,23-27H,3-4,19-22H2,1-2H3. The fraction of sp³-hybridized carbons (Fsp3) is 1.00. The number of rotatable bonds is 6. The van der Waals surface area contributed by atoms with Gasteiger partial charge in [0.15, 0.2) is 18.9 Å². The third kappa shape index (κ3) is 5.24. The topological polar surface area (TPSA) is 243 Å². The molecule has 13 N–H and O–H groups in total. The molecule has 0 radical (unpaired) electrons. The number of likely N-dealkylation sites (N-methyl/N-ethyl adjacent to an activating group) is 1. The summed E-state index contributed by atoms with van der Waals surface area (Å²) in [5, 5.41) is 44.3. The second-order valence-electron chi connectivity index (χ2n) is 8.60. The number of aliphatic hydroxyl groups excluding tert-OH is 4. The fourth-order valence-corrected chi connectivity index (χ4v) is 4.36. The third-order valence-electron chi connectivity index (χ3n) is 6.27. The van der Waals surface area contributed by atoms with E-state index < -0.39 is 85.9 Å². The lowest BCUT2D eigenvalue weighted by Crippen LogP contribution is -2.68. The van der Waals surface area contributed by atoms with Gasteiger partial charge in [0, 0.05) is 19.2 Å². The zero-order valence-corrected chi connectivity index (χ0v) is 18.1. The molecule has 0 spiro atoms. The molecule has 1 aliphatic carbocycles. The monoisotopic (exact) mass is 467 g/mol. The van der Waals surface area contributed by atoms with Crippen LogP contribution in [0.1, 0.15) is 12.8 Å². The predicted molar refractivity (Wildman–Crippen MR) is 108 cm³/mol. The summed E-state index contributed by atoms with van der Waals surface area (Å²) in [6, 6.07) is -3.14. The van der Waals surface area contributed by atoms with E-state index in [-0.39, 0.29) is 12.8 Å². The van der Waals surface area contributed by atoms with Gasteiger partial charge in [0.05, 0.1) is 18.2 Å². The van der Waals surface area contributed by atoms with E-state index >= 15 is 0 Å². The van der Waals surface area contributed by atoms with Crippen molar-refractivity contribution in [2.24, 2.45) is 22.9 Å². The van der Waals surface area contributed by atoms with Crippen LogP contribution >= 0.6 is 0 Å². The number of nitrogens with one attached hydrogen (secondary N) is 1. The van der Waals surface area contributed by atoms with Crippen molar-refractivity contribution in [3.8, 4) is 0 Å². The Hall–Kier alpha value is -0.560. The highest BCUT2D eigenvalue weighted by Crippen LogP contribution is 2.30. The minimum atomic E-state index is -1.40. The molecule has 3 fully saturated rings. The summed E-state index contributed by atoms with van der Waals surface area (Å²) in [6.45, 7) is 0. The lowest BCUT2D eigenvalue weighted by Gasteiger charge is -2.47. The quantitative estimate of drug-likeness (QED) is 0.177. The maximum atomic E-state index is 11.0. The number of aliphatic hydroxyl groups is 4. The molecule has 0 aromatic rings. The summed E-state index contributed by atoms with van der Waals surface area (Å²) in [5.41, 5.74) is 24.3. The Morgan fingerprint density at radius 1 is 0.750 bits per heavy atom. The summed E-state index contributed by atoms with van der Waals surface area (Å²) in [4.78, 5) is 0. The number of hydrogen-bond acceptors (Lipinski definition) is 14. The van der Waals surface area contributed by atoms with Gasteiger partial charge >= 0.3 is 0 Å². The number of hydrogen-bond donors (Lipinski definition) is 9. The van der Waals surface area contributed by atoms with Gasteiger partial charge in [-0.2, -0.15) is 0 Å². The first-order valence-electron chi connectivity index (χ1n) is 10.7. The van der Waals surface area contributed by atoms with Gasteiger partial charge in [-0.3, -0.25) is 5.32 Å². The number of ether oxygens (including phenoxy) is 5. The van der Waals surface area contributed by atoms with E-state index in [2.05, 4.69) is 5.32 Å². The molecule has 2 heterocycles. The molecule has 32 heavy (non-hydrogen) atoms. The summed E-state index contributed by atoms with van der Waals surface area (Å²) < 4.78 is 27.9. The van der Waals surface area contributed by atoms with Crippen LogP contribution in [0.25, 0.3) is 0 Å². The van der Waals surface area contributed by atoms with Crippen molar-refractivity contribution in [3.05, 3.63) is 0 Å². The first-order chi connectivity index (χ1) is 15.1. The maximum absolute atomic E-state index is 11.0. The van der Waals surface area contributed by atoms with Crippen LogP contribution in [0.2, 0.25) is 0 Å². The Morgan fingerprint density at radius 3 is 1.88 bits per heavy atom. The van der Waals surface area contributed by atoms with Crippen LogP contribution in [-0.4, -0.2) is 120 Å². The van der Waals surface area contributed by atoms with E-state index in [0.29, 0.717) is 0 Å². The second-order valence-corrected chi connectivity index (χ2v) is 8.60. The van der Waals surface area contributed by atoms with Crippen LogP contribution in [0.5, 0.6) is 0 Å². The zero-order chi connectivity index (χ0) is 23.7. The van der Waals surface area contributed by atoms with Crippen molar-refractivity contribution in [2.75, 3.05) is 14.2 Å². The molecule has 14 nitrogen and oxygen atoms in total. The smallest absolute Gasteiger partial charge is 0.188 e. The SMILES string of the molecule is CNC1OC(OC2C(N)CC(N)C(OC3OC(OC)C(O)C(N)C3O)C2O)C(N)CC1O. The highest BCUT2D eigenvalue weighted by atomic mass is 16.8. The Balaban J connectivity index is 1.70. The predicted octanol–water partition coefficient (Wildman–Crippen LogP) is -5.47. The molecule has 2 saturated heterocycles. The first kappa shape index (κ1) is 26.1. The van der Waals surface area contributed by atoms with Crippen molar-refractivity contribution < 1.29 is 44.1 Å². The average molecular weight is 468 g/mol. The molecule has 0 aromatic carbocycles. The van der Waals surface area contributed by atoms with Crippen molar-refractivity contribution in [3.63, 3.8) is 0 Å². The van der Waals surface area contributed by atoms with Crippen molar-refractivity contribution in [1.29, 1.82) is 0 Å². The molecule has 14 heteroatoms. The van der Waals surface area contributed by atoms with E-state index in [1.54, 1.807) is 7.05 Å². The van der Waals surface area contributed by atoms with Crippen LogP contribution in [-0.2, 0) is 23.7 Å². The van der Waals surface area contributed by atoms with E-state index in [1.165, 1.54) is 7.11 Å². The molecule has 14 unspecified atom stereocenters. The Labute approximate surface area is 186 Å². The van der Waals surface area contributed by atoms with Crippen LogP contribution in [0.15, 0.2) is 0 Å². The third-order valence-corrected chi connectivity index (χ3v) is 6.27. The first-order valence-corrected chi connectivity index (χ1v) is 10.7. The van der Waals surface area contributed by atoms with Gasteiger partial charge in [0.2, 0.25) is 0 Å². The maximum Gasteiger partial charge on any atom is 0.188 e. The fourth-order valence-electron chi connectivity index (χ4n) is 4.36. The highest BCUT2D eigenvalue weighted by molar-refractivity contribution is 5.00. The summed E-state index contributed by atoms with van der Waals surface area (Å²) in [6.07, 6.45) is -10.5. The molecule has 14 atom stereocenters. The number of nitrogens with two attached hydrogens (primary N) is 4. The van der Waals surface area contributed by atoms with Gasteiger partial charge in [-0.05, 0) is 19.9 Å². The molecule has 1 saturated carbocycles. The van der Waals surface area contributed by atoms with Crippen molar-refractivity contribution >= 4 is 0 Å². The van der Waals surface area contributed by atoms with Crippen molar-refractivity contribution in [1.82, 2.24) is 5.32 Å². The average Bonchev–Trinajstić information content (AvgIpc) is 2.75. The lowest BCUT2D eigenvalue weighted by molar-refractivity contribution is -0.347. The van der Waals surface area contributed by atoms with Crippen LogP contribution in [0.4, 0.5) is 0 Å². The largest absolute Gasteiger partial charge is 0.389 e. The molecule has 2 aliphatic heterocycles. The highest BCUT2D eigenvalue weighted by Gasteiger charge is 2.50. The van der Waals surface area contributed by atoms with Crippen LogP contribution in [0, 0.1) is 0 Å². The van der Waals surface area contributed by atoms with Crippen molar-refractivity contribution in [2.45, 2.75) is 98.7 Å². The van der Waals surface area contributed by atoms with E-state index in [4.69, 9.17) is 46.6 Å². The van der Waals surface area contributed by atoms with Crippen LogP contribution < -0.4 is 28.3 Å². The summed E-state index contributed by atoms with van der Waals surface area (Å²) >= 11 is 0. The van der Waals surface area contributed by atoms with E-state index in [1.807, 2.05) is 0 Å². The lowest BCUT2D eigenvalue weighted by atomic mass is 9.84. The zero-order valence-electron chi connectivity index (χ0n) is 18.1. The molecule has 3 aliphatic rings. The molecule has 0 amide bonds. The van der Waals surface area contributed by atoms with Gasteiger partial charge in [0.25, 0.3) is 0 Å². The van der Waals surface area contributed by atoms with E-state index in [9.17, 15) is 20.4 Å². The molecular formula is C18H37N5O9. The molecule has 3 rings (SSSR count). The summed E-state index contributed by atoms with van der Waals surface area (Å²) in [5.74, 6) is 0. The normalized spacial score (nSPS) is 52.7. The van der Waals surface area contributed by atoms with Gasteiger partial charge in [0.1, 0.15) is 36.7 Å². The van der Waals surface area contributed by atoms with Gasteiger partial charge in [-0.1, -0.05) is 0 Å². The molecule has 188 valence electrons. The number of methoxy groups -OCH3 is 1. The minimum Gasteiger partial charge on any atom is -0.389 e. The molecule has 0 bridgehead atoms.